The molecule has 3 nitrogen and oxygen atoms in total. The minimum Gasteiger partial charge on any atom is -0.558 e. The van der Waals surface area contributed by atoms with Crippen LogP contribution >= 0.6 is 0 Å². The van der Waals surface area contributed by atoms with Gasteiger partial charge in [-0.05, 0) is 17.6 Å². The van der Waals surface area contributed by atoms with E-state index in [-0.39, 0.29) is 16.8 Å². The first kappa shape index (κ1) is 15.2. The molecule has 0 aliphatic heterocycles. The highest BCUT2D eigenvalue weighted by atomic mass is 19.1. The third-order valence-corrected chi connectivity index (χ3v) is 1.93. The Balaban J connectivity index is 0.00000128. The lowest BCUT2D eigenvalue weighted by atomic mass is 9.88. The van der Waals surface area contributed by atoms with Crippen LogP contribution in [0.3, 0.4) is 0 Å². The zero-order valence-electron chi connectivity index (χ0n) is 9.06. The van der Waals surface area contributed by atoms with Gasteiger partial charge in [-0.25, -0.2) is 4.39 Å². The van der Waals surface area contributed by atoms with Crippen LogP contribution < -0.4 is 10.1 Å². The zero-order chi connectivity index (χ0) is 10.5. The lowest BCUT2D eigenvalue weighted by Gasteiger charge is -2.04. The van der Waals surface area contributed by atoms with Gasteiger partial charge in [-0.15, -0.1) is 0 Å². The Labute approximate surface area is 99.8 Å². The summed E-state index contributed by atoms with van der Waals surface area (Å²) in [7, 11) is 1.59. The van der Waals surface area contributed by atoms with Crippen LogP contribution in [0, 0.1) is 5.82 Å². The zero-order valence-corrected chi connectivity index (χ0v) is 9.06. The molecule has 89 valence electrons. The molecule has 2 rings (SSSR count). The van der Waals surface area contributed by atoms with Gasteiger partial charge in [0, 0.05) is 6.07 Å². The van der Waals surface area contributed by atoms with Crippen LogP contribution in [-0.2, 0) is 0 Å². The summed E-state index contributed by atoms with van der Waals surface area (Å²) in [6.45, 7) is 0. The van der Waals surface area contributed by atoms with Crippen LogP contribution in [0.15, 0.2) is 54.6 Å². The molecule has 2 aromatic rings. The number of hydrogen-bond donors (Lipinski definition) is 0. The fraction of sp³-hybridized carbons (Fsp3) is 0. The summed E-state index contributed by atoms with van der Waals surface area (Å²) in [5, 5.41) is 0. The molecule has 0 unspecified atom stereocenters. The standard InChI is InChI=1S/C12H9BFO.2H2O/c14-11-7-4-8-12(9-11)15-13-10-5-2-1-3-6-10;;/h1-9H;2*1H2. The minimum absolute atomic E-state index is 0. The minimum atomic E-state index is -0.297. The topological polar surface area (TPSA) is 72.2 Å². The summed E-state index contributed by atoms with van der Waals surface area (Å²) in [6, 6.07) is 15.7. The van der Waals surface area contributed by atoms with Gasteiger partial charge in [0.2, 0.25) is 0 Å². The lowest BCUT2D eigenvalue weighted by Crippen LogP contribution is -2.19. The van der Waals surface area contributed by atoms with Gasteiger partial charge in [0.05, 0.1) is 0 Å². The highest BCUT2D eigenvalue weighted by Gasteiger charge is 1.99. The summed E-state index contributed by atoms with van der Waals surface area (Å²) >= 11 is 0. The van der Waals surface area contributed by atoms with Gasteiger partial charge in [-0.1, -0.05) is 36.4 Å². The maximum absolute atomic E-state index is 12.8. The second kappa shape index (κ2) is 7.43. The second-order valence-corrected chi connectivity index (χ2v) is 3.10. The van der Waals surface area contributed by atoms with Crippen molar-refractivity contribution in [2.75, 3.05) is 0 Å². The van der Waals surface area contributed by atoms with Crippen LogP contribution in [0.1, 0.15) is 0 Å². The Hall–Kier alpha value is -1.85. The molecule has 4 N–H and O–H groups in total. The molecule has 0 heterocycles. The molecule has 0 aliphatic rings. The number of hydrogen-bond acceptors (Lipinski definition) is 1. The van der Waals surface area contributed by atoms with E-state index in [4.69, 9.17) is 4.65 Å². The van der Waals surface area contributed by atoms with Gasteiger partial charge in [-0.3, -0.25) is 0 Å². The Morgan fingerprint density at radius 2 is 1.59 bits per heavy atom. The number of rotatable bonds is 3. The summed E-state index contributed by atoms with van der Waals surface area (Å²) in [5.74, 6) is 0.202. The monoisotopic (exact) mass is 235 g/mol. The van der Waals surface area contributed by atoms with Crippen molar-refractivity contribution in [2.45, 2.75) is 0 Å². The number of benzene rings is 2. The van der Waals surface area contributed by atoms with Crippen LogP contribution in [0.5, 0.6) is 5.75 Å². The predicted octanol–water partition coefficient (Wildman–Crippen LogP) is 0.500. The highest BCUT2D eigenvalue weighted by Crippen LogP contribution is 2.10. The third-order valence-electron chi connectivity index (χ3n) is 1.93. The fourth-order valence-electron chi connectivity index (χ4n) is 1.21. The van der Waals surface area contributed by atoms with Crippen molar-refractivity contribution >= 4 is 12.9 Å². The van der Waals surface area contributed by atoms with E-state index in [0.29, 0.717) is 5.75 Å². The normalized spacial score (nSPS) is 8.53. The summed E-state index contributed by atoms with van der Waals surface area (Å²) in [4.78, 5) is 0. The molecule has 0 aliphatic carbocycles. The predicted molar refractivity (Wildman–Crippen MR) is 66.1 cm³/mol. The van der Waals surface area contributed by atoms with Crippen molar-refractivity contribution in [1.29, 1.82) is 0 Å². The molecule has 0 atom stereocenters. The molecule has 0 amide bonds. The van der Waals surface area contributed by atoms with Crippen LogP contribution in [-0.4, -0.2) is 18.4 Å². The van der Waals surface area contributed by atoms with Crippen LogP contribution in [0.4, 0.5) is 4.39 Å². The van der Waals surface area contributed by atoms with Crippen molar-refractivity contribution < 1.29 is 20.0 Å². The molecule has 0 aromatic heterocycles. The molecule has 0 saturated carbocycles. The van der Waals surface area contributed by atoms with Crippen molar-refractivity contribution in [3.05, 3.63) is 60.4 Å². The van der Waals surface area contributed by atoms with Crippen LogP contribution in [0.25, 0.3) is 0 Å². The van der Waals surface area contributed by atoms with E-state index in [1.165, 1.54) is 12.1 Å². The first-order valence-corrected chi connectivity index (χ1v) is 4.65. The SMILES string of the molecule is Fc1cccc(O[B]c2ccccc2)c1.O.O. The van der Waals surface area contributed by atoms with Crippen molar-refractivity contribution in [3.63, 3.8) is 0 Å². The maximum Gasteiger partial charge on any atom is 0.408 e. The van der Waals surface area contributed by atoms with Crippen LogP contribution in [0.2, 0.25) is 0 Å². The van der Waals surface area contributed by atoms with E-state index in [0.717, 1.165) is 5.46 Å². The van der Waals surface area contributed by atoms with E-state index in [9.17, 15) is 4.39 Å². The Kier molecular flexibility index (Phi) is 6.63. The smallest absolute Gasteiger partial charge is 0.408 e. The Morgan fingerprint density at radius 3 is 2.24 bits per heavy atom. The Bertz CT molecular complexity index is 437. The van der Waals surface area contributed by atoms with Gasteiger partial charge >= 0.3 is 7.48 Å². The fourth-order valence-corrected chi connectivity index (χ4v) is 1.21. The first-order valence-electron chi connectivity index (χ1n) is 4.65. The highest BCUT2D eigenvalue weighted by molar-refractivity contribution is 6.47. The van der Waals surface area contributed by atoms with Gasteiger partial charge in [0.15, 0.2) is 0 Å². The van der Waals surface area contributed by atoms with Gasteiger partial charge < -0.3 is 15.6 Å². The molecule has 0 saturated heterocycles. The molecule has 1 radical (unpaired) electrons. The molecular formula is C12H13BFO3. The average molecular weight is 235 g/mol. The van der Waals surface area contributed by atoms with Crippen molar-refractivity contribution in [1.82, 2.24) is 0 Å². The summed E-state index contributed by atoms with van der Waals surface area (Å²) in [5.41, 5.74) is 0.946. The van der Waals surface area contributed by atoms with E-state index < -0.39 is 0 Å². The van der Waals surface area contributed by atoms with Gasteiger partial charge in [-0.2, -0.15) is 0 Å². The van der Waals surface area contributed by atoms with E-state index >= 15 is 0 Å². The molecule has 17 heavy (non-hydrogen) atoms. The second-order valence-electron chi connectivity index (χ2n) is 3.10. The molecule has 2 aromatic carbocycles. The quantitative estimate of drug-likeness (QED) is 0.714. The van der Waals surface area contributed by atoms with E-state index in [2.05, 4.69) is 0 Å². The van der Waals surface area contributed by atoms with Gasteiger partial charge in [0.1, 0.15) is 11.6 Å². The first-order chi connectivity index (χ1) is 7.34. The largest absolute Gasteiger partial charge is 0.558 e. The lowest BCUT2D eigenvalue weighted by molar-refractivity contribution is 0.579. The molecule has 5 heteroatoms. The van der Waals surface area contributed by atoms with Crippen molar-refractivity contribution in [2.24, 2.45) is 0 Å². The Morgan fingerprint density at radius 1 is 0.882 bits per heavy atom. The van der Waals surface area contributed by atoms with Gasteiger partial charge in [0.25, 0.3) is 0 Å². The maximum atomic E-state index is 12.8. The average Bonchev–Trinajstić information content (AvgIpc) is 2.28. The molecule has 0 fully saturated rings. The molecular weight excluding hydrogens is 222 g/mol. The third kappa shape index (κ3) is 4.67. The van der Waals surface area contributed by atoms with Crippen molar-refractivity contribution in [3.8, 4) is 5.75 Å². The summed E-state index contributed by atoms with van der Waals surface area (Å²) in [6.07, 6.45) is 0. The molecule has 0 spiro atoms. The van der Waals surface area contributed by atoms with E-state index in [1.54, 1.807) is 19.6 Å². The number of halogens is 1. The molecule has 0 bridgehead atoms. The van der Waals surface area contributed by atoms with E-state index in [1.807, 2.05) is 30.3 Å². The summed E-state index contributed by atoms with van der Waals surface area (Å²) < 4.78 is 18.1.